The lowest BCUT2D eigenvalue weighted by Crippen LogP contribution is -2.25. The molecule has 0 saturated carbocycles. The second-order valence-electron chi connectivity index (χ2n) is 5.45. The van der Waals surface area contributed by atoms with Crippen LogP contribution in [0.2, 0.25) is 0 Å². The molecular weight excluding hydrogens is 248 g/mol. The highest BCUT2D eigenvalue weighted by Gasteiger charge is 2.12. The Labute approximate surface area is 120 Å². The summed E-state index contributed by atoms with van der Waals surface area (Å²) in [7, 11) is 0. The fourth-order valence-electron chi connectivity index (χ4n) is 2.83. The number of hydrogen-bond acceptors (Lipinski definition) is 3. The predicted octanol–water partition coefficient (Wildman–Crippen LogP) is 3.28. The fourth-order valence-corrected chi connectivity index (χ4v) is 2.83. The molecule has 0 radical (unpaired) electrons. The Hall–Kier alpha value is -1.45. The maximum atomic E-state index is 5.75. The second kappa shape index (κ2) is 6.82. The molecule has 1 saturated heterocycles. The summed E-state index contributed by atoms with van der Waals surface area (Å²) in [5.74, 6) is 0. The lowest BCUT2D eigenvalue weighted by Gasteiger charge is -2.22. The van der Waals surface area contributed by atoms with E-state index in [9.17, 15) is 0 Å². The van der Waals surface area contributed by atoms with E-state index in [-0.39, 0.29) is 0 Å². The van der Waals surface area contributed by atoms with Gasteiger partial charge in [-0.2, -0.15) is 0 Å². The Kier molecular flexibility index (Phi) is 4.61. The average Bonchev–Trinajstić information content (AvgIpc) is 2.53. The second-order valence-corrected chi connectivity index (χ2v) is 5.45. The highest BCUT2D eigenvalue weighted by atomic mass is 16.5. The van der Waals surface area contributed by atoms with Gasteiger partial charge >= 0.3 is 0 Å². The molecule has 2 heterocycles. The SMILES string of the molecule is c1cnc2c(CNCCC3CCCCO3)cccc2c1. The van der Waals surface area contributed by atoms with Gasteiger partial charge in [-0.25, -0.2) is 0 Å². The Bertz CT molecular complexity index is 544. The van der Waals surface area contributed by atoms with E-state index in [1.165, 1.54) is 30.2 Å². The van der Waals surface area contributed by atoms with Gasteiger partial charge in [0.15, 0.2) is 0 Å². The zero-order chi connectivity index (χ0) is 13.6. The average molecular weight is 270 g/mol. The van der Waals surface area contributed by atoms with Gasteiger partial charge in [0.05, 0.1) is 11.6 Å². The summed E-state index contributed by atoms with van der Waals surface area (Å²) in [6, 6.07) is 10.5. The van der Waals surface area contributed by atoms with Gasteiger partial charge in [0.1, 0.15) is 0 Å². The summed E-state index contributed by atoms with van der Waals surface area (Å²) in [5.41, 5.74) is 2.38. The van der Waals surface area contributed by atoms with Crippen LogP contribution in [0.25, 0.3) is 10.9 Å². The smallest absolute Gasteiger partial charge is 0.0746 e. The lowest BCUT2D eigenvalue weighted by atomic mass is 10.1. The summed E-state index contributed by atoms with van der Waals surface area (Å²) in [6.07, 6.45) is 7.20. The van der Waals surface area contributed by atoms with Crippen molar-refractivity contribution in [3.8, 4) is 0 Å². The number of rotatable bonds is 5. The van der Waals surface area contributed by atoms with Gasteiger partial charge in [0.2, 0.25) is 0 Å². The lowest BCUT2D eigenvalue weighted by molar-refractivity contribution is 0.0115. The zero-order valence-electron chi connectivity index (χ0n) is 11.8. The molecular formula is C17H22N2O. The third-order valence-electron chi connectivity index (χ3n) is 3.95. The standard InChI is InChI=1S/C17H22N2O/c1-2-12-20-16(8-1)9-11-18-13-15-6-3-5-14-7-4-10-19-17(14)15/h3-7,10,16,18H,1-2,8-9,11-13H2. The van der Waals surface area contributed by atoms with E-state index in [0.717, 1.165) is 31.6 Å². The van der Waals surface area contributed by atoms with Gasteiger partial charge in [-0.15, -0.1) is 0 Å². The molecule has 3 nitrogen and oxygen atoms in total. The highest BCUT2D eigenvalue weighted by molar-refractivity contribution is 5.81. The Morgan fingerprint density at radius 2 is 2.15 bits per heavy atom. The van der Waals surface area contributed by atoms with Gasteiger partial charge in [-0.1, -0.05) is 24.3 Å². The summed E-state index contributed by atoms with van der Waals surface area (Å²) in [4.78, 5) is 4.49. The van der Waals surface area contributed by atoms with Gasteiger partial charge in [0, 0.05) is 24.7 Å². The molecule has 0 spiro atoms. The molecule has 2 aromatic rings. The quantitative estimate of drug-likeness (QED) is 0.847. The van der Waals surface area contributed by atoms with Gasteiger partial charge in [-0.3, -0.25) is 4.98 Å². The minimum Gasteiger partial charge on any atom is -0.378 e. The minimum atomic E-state index is 0.460. The van der Waals surface area contributed by atoms with Crippen LogP contribution in [0.5, 0.6) is 0 Å². The van der Waals surface area contributed by atoms with Crippen LogP contribution in [-0.4, -0.2) is 24.2 Å². The van der Waals surface area contributed by atoms with Crippen molar-refractivity contribution in [2.45, 2.75) is 38.3 Å². The molecule has 0 bridgehead atoms. The van der Waals surface area contributed by atoms with Crippen LogP contribution in [0, 0.1) is 0 Å². The summed E-state index contributed by atoms with van der Waals surface area (Å²) in [5, 5.41) is 4.73. The molecule has 3 heteroatoms. The summed E-state index contributed by atoms with van der Waals surface area (Å²) < 4.78 is 5.75. The minimum absolute atomic E-state index is 0.460. The zero-order valence-corrected chi connectivity index (χ0v) is 11.8. The molecule has 0 aliphatic carbocycles. The fraction of sp³-hybridized carbons (Fsp3) is 0.471. The topological polar surface area (TPSA) is 34.2 Å². The molecule has 1 aliphatic heterocycles. The van der Waals surface area contributed by atoms with E-state index in [1.54, 1.807) is 0 Å². The number of pyridine rings is 1. The molecule has 1 unspecified atom stereocenters. The third kappa shape index (κ3) is 3.35. The van der Waals surface area contributed by atoms with E-state index >= 15 is 0 Å². The number of nitrogens with zero attached hydrogens (tertiary/aromatic N) is 1. The van der Waals surface area contributed by atoms with Crippen molar-refractivity contribution >= 4 is 10.9 Å². The van der Waals surface area contributed by atoms with Crippen LogP contribution in [0.1, 0.15) is 31.2 Å². The third-order valence-corrected chi connectivity index (χ3v) is 3.95. The largest absolute Gasteiger partial charge is 0.378 e. The first-order valence-electron chi connectivity index (χ1n) is 7.58. The van der Waals surface area contributed by atoms with Crippen LogP contribution in [0.15, 0.2) is 36.5 Å². The predicted molar refractivity (Wildman–Crippen MR) is 81.7 cm³/mol. The molecule has 1 fully saturated rings. The molecule has 1 aromatic heterocycles. The molecule has 1 aliphatic rings. The number of fused-ring (bicyclic) bond motifs is 1. The first-order chi connectivity index (χ1) is 9.93. The molecule has 106 valence electrons. The van der Waals surface area contributed by atoms with E-state index in [1.807, 2.05) is 12.3 Å². The number of aromatic nitrogens is 1. The first-order valence-corrected chi connectivity index (χ1v) is 7.58. The van der Waals surface area contributed by atoms with Crippen LogP contribution >= 0.6 is 0 Å². The Morgan fingerprint density at radius 1 is 1.20 bits per heavy atom. The van der Waals surface area contributed by atoms with Crippen LogP contribution < -0.4 is 5.32 Å². The molecule has 20 heavy (non-hydrogen) atoms. The van der Waals surface area contributed by atoms with Crippen molar-refractivity contribution in [3.05, 3.63) is 42.1 Å². The molecule has 3 rings (SSSR count). The van der Waals surface area contributed by atoms with E-state index in [4.69, 9.17) is 4.74 Å². The Morgan fingerprint density at radius 3 is 3.05 bits per heavy atom. The number of ether oxygens (including phenoxy) is 1. The van der Waals surface area contributed by atoms with Crippen molar-refractivity contribution in [2.24, 2.45) is 0 Å². The number of benzene rings is 1. The van der Waals surface area contributed by atoms with Crippen molar-refractivity contribution in [1.29, 1.82) is 0 Å². The van der Waals surface area contributed by atoms with Crippen molar-refractivity contribution < 1.29 is 4.74 Å². The van der Waals surface area contributed by atoms with Gasteiger partial charge < -0.3 is 10.1 Å². The molecule has 1 aromatic carbocycles. The highest BCUT2D eigenvalue weighted by Crippen LogP contribution is 2.17. The van der Waals surface area contributed by atoms with Crippen molar-refractivity contribution in [2.75, 3.05) is 13.2 Å². The van der Waals surface area contributed by atoms with Gasteiger partial charge in [-0.05, 0) is 43.9 Å². The Balaban J connectivity index is 1.52. The van der Waals surface area contributed by atoms with Crippen LogP contribution in [0.3, 0.4) is 0 Å². The van der Waals surface area contributed by atoms with E-state index < -0.39 is 0 Å². The van der Waals surface area contributed by atoms with Crippen LogP contribution in [-0.2, 0) is 11.3 Å². The molecule has 1 N–H and O–H groups in total. The first kappa shape index (κ1) is 13.5. The van der Waals surface area contributed by atoms with Gasteiger partial charge in [0.25, 0.3) is 0 Å². The summed E-state index contributed by atoms with van der Waals surface area (Å²) >= 11 is 0. The molecule has 1 atom stereocenters. The number of hydrogen-bond donors (Lipinski definition) is 1. The van der Waals surface area contributed by atoms with Crippen molar-refractivity contribution in [1.82, 2.24) is 10.3 Å². The van der Waals surface area contributed by atoms with Crippen molar-refractivity contribution in [3.63, 3.8) is 0 Å². The normalized spacial score (nSPS) is 19.3. The maximum Gasteiger partial charge on any atom is 0.0746 e. The van der Waals surface area contributed by atoms with E-state index in [2.05, 4.69) is 34.6 Å². The van der Waals surface area contributed by atoms with E-state index in [0.29, 0.717) is 6.10 Å². The summed E-state index contributed by atoms with van der Waals surface area (Å²) in [6.45, 7) is 2.83. The maximum absolute atomic E-state index is 5.75. The number of nitrogens with one attached hydrogen (secondary N) is 1. The molecule has 0 amide bonds. The van der Waals surface area contributed by atoms with Crippen LogP contribution in [0.4, 0.5) is 0 Å². The monoisotopic (exact) mass is 270 g/mol. The number of para-hydroxylation sites is 1.